The van der Waals surface area contributed by atoms with Gasteiger partial charge in [-0.15, -0.1) is 0 Å². The maximum absolute atomic E-state index is 12.3. The molecule has 0 unspecified atom stereocenters. The van der Waals surface area contributed by atoms with E-state index >= 15 is 0 Å². The van der Waals surface area contributed by atoms with Crippen molar-refractivity contribution in [3.8, 4) is 0 Å². The first kappa shape index (κ1) is 24.9. The monoisotopic (exact) mass is 438 g/mol. The molecule has 0 saturated carbocycles. The Labute approximate surface area is 190 Å². The molecule has 7 nitrogen and oxygen atoms in total. The summed E-state index contributed by atoms with van der Waals surface area (Å²) >= 11 is 0. The van der Waals surface area contributed by atoms with Crippen LogP contribution in [-0.2, 0) is 9.59 Å². The summed E-state index contributed by atoms with van der Waals surface area (Å²) in [4.78, 5) is 36.5. The van der Waals surface area contributed by atoms with Gasteiger partial charge in [-0.3, -0.25) is 14.4 Å². The van der Waals surface area contributed by atoms with E-state index in [0.29, 0.717) is 29.9 Å². The van der Waals surface area contributed by atoms with E-state index in [1.807, 2.05) is 18.2 Å². The Morgan fingerprint density at radius 1 is 0.750 bits per heavy atom. The molecule has 2 aromatic rings. The zero-order valence-corrected chi connectivity index (χ0v) is 19.0. The van der Waals surface area contributed by atoms with Gasteiger partial charge in [0.1, 0.15) is 0 Å². The van der Waals surface area contributed by atoms with Crippen molar-refractivity contribution in [2.75, 3.05) is 29.0 Å². The van der Waals surface area contributed by atoms with E-state index in [1.165, 1.54) is 0 Å². The zero-order chi connectivity index (χ0) is 23.2. The van der Waals surface area contributed by atoms with E-state index in [0.717, 1.165) is 37.8 Å². The Hall–Kier alpha value is -3.35. The van der Waals surface area contributed by atoms with Gasteiger partial charge in [-0.25, -0.2) is 0 Å². The van der Waals surface area contributed by atoms with Crippen molar-refractivity contribution in [3.63, 3.8) is 0 Å². The van der Waals surface area contributed by atoms with Crippen LogP contribution >= 0.6 is 0 Å². The summed E-state index contributed by atoms with van der Waals surface area (Å²) in [5, 5.41) is 11.6. The molecular weight excluding hydrogens is 404 g/mol. The van der Waals surface area contributed by atoms with Gasteiger partial charge in [0.2, 0.25) is 11.8 Å². The van der Waals surface area contributed by atoms with Crippen molar-refractivity contribution in [3.05, 3.63) is 54.1 Å². The molecule has 0 aromatic heterocycles. The predicted octanol–water partition coefficient (Wildman–Crippen LogP) is 4.79. The smallest absolute Gasteiger partial charge is 0.251 e. The van der Waals surface area contributed by atoms with Crippen molar-refractivity contribution < 1.29 is 14.4 Å². The summed E-state index contributed by atoms with van der Waals surface area (Å²) in [6.45, 7) is 4.86. The molecular formula is C25H34N4O3. The van der Waals surface area contributed by atoms with Gasteiger partial charge in [0.05, 0.1) is 6.54 Å². The van der Waals surface area contributed by atoms with Crippen LogP contribution in [0.2, 0.25) is 0 Å². The third-order valence-electron chi connectivity index (χ3n) is 4.83. The van der Waals surface area contributed by atoms with Crippen molar-refractivity contribution >= 4 is 34.8 Å². The van der Waals surface area contributed by atoms with Crippen LogP contribution in [0.3, 0.4) is 0 Å². The second-order valence-electron chi connectivity index (χ2n) is 7.68. The lowest BCUT2D eigenvalue weighted by molar-refractivity contribution is -0.116. The number of nitrogens with one attached hydrogen (secondary N) is 4. The van der Waals surface area contributed by atoms with Gasteiger partial charge in [-0.2, -0.15) is 0 Å². The fourth-order valence-corrected chi connectivity index (χ4v) is 3.07. The lowest BCUT2D eigenvalue weighted by Gasteiger charge is -2.11. The molecule has 4 N–H and O–H groups in total. The maximum atomic E-state index is 12.3. The summed E-state index contributed by atoms with van der Waals surface area (Å²) in [7, 11) is 0. The first-order chi connectivity index (χ1) is 15.5. The lowest BCUT2D eigenvalue weighted by atomic mass is 10.2. The van der Waals surface area contributed by atoms with Gasteiger partial charge in [0.25, 0.3) is 5.91 Å². The number of unbranched alkanes of at least 4 members (excludes halogenated alkanes) is 3. The Kier molecular flexibility index (Phi) is 10.8. The summed E-state index contributed by atoms with van der Waals surface area (Å²) in [6, 6.07) is 14.1. The van der Waals surface area contributed by atoms with Crippen LogP contribution in [0, 0.1) is 0 Å². The molecule has 0 aliphatic carbocycles. The zero-order valence-electron chi connectivity index (χ0n) is 19.0. The largest absolute Gasteiger partial charge is 0.376 e. The standard InChI is InChI=1S/C25H34N4O3/c1-3-5-7-14-23(30)28-22-13-9-11-20(17-22)27-18-24(31)29-21-12-8-10-19(16-21)25(32)26-15-6-4-2/h8-13,16-17,27H,3-7,14-15,18H2,1-2H3,(H,26,32)(H,28,30)(H,29,31). The molecule has 2 aromatic carbocycles. The molecule has 0 atom stereocenters. The SMILES string of the molecule is CCCCCC(=O)Nc1cccc(NCC(=O)Nc2cccc(C(=O)NCCCC)c2)c1. The second-order valence-corrected chi connectivity index (χ2v) is 7.68. The molecule has 0 saturated heterocycles. The molecule has 0 heterocycles. The Bertz CT molecular complexity index is 898. The van der Waals surface area contributed by atoms with Gasteiger partial charge in [0, 0.05) is 35.6 Å². The number of hydrogen-bond acceptors (Lipinski definition) is 4. The molecule has 2 rings (SSSR count). The number of hydrogen-bond donors (Lipinski definition) is 4. The molecule has 0 spiro atoms. The van der Waals surface area contributed by atoms with Gasteiger partial charge in [-0.05, 0) is 49.2 Å². The maximum Gasteiger partial charge on any atom is 0.251 e. The highest BCUT2D eigenvalue weighted by molar-refractivity contribution is 5.98. The van der Waals surface area contributed by atoms with E-state index in [-0.39, 0.29) is 24.3 Å². The van der Waals surface area contributed by atoms with Crippen molar-refractivity contribution in [1.29, 1.82) is 0 Å². The van der Waals surface area contributed by atoms with E-state index in [1.54, 1.807) is 30.3 Å². The van der Waals surface area contributed by atoms with Crippen molar-refractivity contribution in [1.82, 2.24) is 5.32 Å². The molecule has 172 valence electrons. The second kappa shape index (κ2) is 13.9. The highest BCUT2D eigenvalue weighted by Crippen LogP contribution is 2.16. The minimum Gasteiger partial charge on any atom is -0.376 e. The number of carbonyl (C=O) groups is 3. The van der Waals surface area contributed by atoms with Crippen LogP contribution in [0.4, 0.5) is 17.1 Å². The van der Waals surface area contributed by atoms with E-state index < -0.39 is 0 Å². The molecule has 0 aliphatic rings. The summed E-state index contributed by atoms with van der Waals surface area (Å²) in [5.74, 6) is -0.393. The van der Waals surface area contributed by atoms with E-state index in [9.17, 15) is 14.4 Å². The fourth-order valence-electron chi connectivity index (χ4n) is 3.07. The minimum atomic E-state index is -0.234. The van der Waals surface area contributed by atoms with Gasteiger partial charge < -0.3 is 21.3 Å². The molecule has 7 heteroatoms. The first-order valence-corrected chi connectivity index (χ1v) is 11.3. The van der Waals surface area contributed by atoms with Crippen LogP contribution in [0.15, 0.2) is 48.5 Å². The number of rotatable bonds is 13. The molecule has 0 fully saturated rings. The number of amides is 3. The third-order valence-corrected chi connectivity index (χ3v) is 4.83. The number of anilines is 3. The van der Waals surface area contributed by atoms with Crippen LogP contribution in [0.25, 0.3) is 0 Å². The molecule has 32 heavy (non-hydrogen) atoms. The normalized spacial score (nSPS) is 10.3. The minimum absolute atomic E-state index is 0.00745. The van der Waals surface area contributed by atoms with Gasteiger partial charge >= 0.3 is 0 Å². The van der Waals surface area contributed by atoms with E-state index in [4.69, 9.17) is 0 Å². The summed E-state index contributed by atoms with van der Waals surface area (Å²) in [5.41, 5.74) is 2.50. The fraction of sp³-hybridized carbons (Fsp3) is 0.400. The van der Waals surface area contributed by atoms with Crippen LogP contribution in [0.5, 0.6) is 0 Å². The average Bonchev–Trinajstić information content (AvgIpc) is 2.78. The van der Waals surface area contributed by atoms with E-state index in [2.05, 4.69) is 35.1 Å². The highest BCUT2D eigenvalue weighted by atomic mass is 16.2. The number of benzene rings is 2. The molecule has 0 aliphatic heterocycles. The van der Waals surface area contributed by atoms with Crippen LogP contribution in [-0.4, -0.2) is 30.8 Å². The quantitative estimate of drug-likeness (QED) is 0.338. The van der Waals surface area contributed by atoms with Crippen LogP contribution < -0.4 is 21.3 Å². The number of carbonyl (C=O) groups excluding carboxylic acids is 3. The highest BCUT2D eigenvalue weighted by Gasteiger charge is 2.08. The Balaban J connectivity index is 1.83. The molecule has 3 amide bonds. The summed E-state index contributed by atoms with van der Waals surface area (Å²) < 4.78 is 0. The Morgan fingerprint density at radius 3 is 2.16 bits per heavy atom. The molecule has 0 radical (unpaired) electrons. The van der Waals surface area contributed by atoms with Crippen molar-refractivity contribution in [2.24, 2.45) is 0 Å². The first-order valence-electron chi connectivity index (χ1n) is 11.3. The molecule has 0 bridgehead atoms. The average molecular weight is 439 g/mol. The van der Waals surface area contributed by atoms with Crippen LogP contribution in [0.1, 0.15) is 62.7 Å². The lowest BCUT2D eigenvalue weighted by Crippen LogP contribution is -2.25. The predicted molar refractivity (Wildman–Crippen MR) is 130 cm³/mol. The van der Waals surface area contributed by atoms with Gasteiger partial charge in [-0.1, -0.05) is 45.2 Å². The van der Waals surface area contributed by atoms with Crippen molar-refractivity contribution in [2.45, 2.75) is 52.4 Å². The third kappa shape index (κ3) is 9.20. The summed E-state index contributed by atoms with van der Waals surface area (Å²) in [6.07, 6.45) is 5.43. The topological polar surface area (TPSA) is 99.3 Å². The Morgan fingerprint density at radius 2 is 1.41 bits per heavy atom. The van der Waals surface area contributed by atoms with Gasteiger partial charge in [0.15, 0.2) is 0 Å².